The third-order valence-electron chi connectivity index (χ3n) is 6.15. The Kier molecular flexibility index (Phi) is 16.7. The molecule has 0 spiro atoms. The smallest absolute Gasteiger partial charge is 0.233 e. The summed E-state index contributed by atoms with van der Waals surface area (Å²) in [4.78, 5) is 20.6. The van der Waals surface area contributed by atoms with Crippen LogP contribution < -0.4 is 5.32 Å². The molecule has 1 aliphatic heterocycles. The molecule has 0 aromatic carbocycles. The van der Waals surface area contributed by atoms with Crippen LogP contribution in [0.2, 0.25) is 0 Å². The second-order valence-corrected chi connectivity index (χ2v) is 17.7. The molecule has 226 valence electrons. The van der Waals surface area contributed by atoms with Gasteiger partial charge in [-0.05, 0) is 20.8 Å². The van der Waals surface area contributed by atoms with Crippen LogP contribution in [0, 0.1) is 0 Å². The summed E-state index contributed by atoms with van der Waals surface area (Å²) >= 11 is 0. The Bertz CT molecular complexity index is 806. The Labute approximate surface area is 230 Å². The number of likely N-dealkylation sites (N-methyl/N-ethyl adjacent to an activating group) is 1. The summed E-state index contributed by atoms with van der Waals surface area (Å²) < 4.78 is 55.8. The zero-order chi connectivity index (χ0) is 28.8. The summed E-state index contributed by atoms with van der Waals surface area (Å²) in [7, 11) is -6.87. The third kappa shape index (κ3) is 15.6. The molecule has 3 unspecified atom stereocenters. The first-order valence-electron chi connectivity index (χ1n) is 13.5. The monoisotopic (exact) mass is 603 g/mol. The summed E-state index contributed by atoms with van der Waals surface area (Å²) in [5, 5.41) is 2.69. The number of hydrogen-bond acceptors (Lipinski definition) is 11. The first-order chi connectivity index (χ1) is 17.7. The van der Waals surface area contributed by atoms with Gasteiger partial charge in [-0.25, -0.2) is 0 Å². The first kappa shape index (κ1) is 35.9. The number of nitrogens with one attached hydrogen (secondary N) is 1. The Morgan fingerprint density at radius 1 is 0.605 bits per heavy atom. The lowest BCUT2D eigenvalue weighted by Crippen LogP contribution is -2.48. The zero-order valence-electron chi connectivity index (χ0n) is 24.6. The maximum atomic E-state index is 13.1. The molecule has 1 rings (SSSR count). The number of hydrogen-bond donors (Lipinski definition) is 1. The van der Waals surface area contributed by atoms with Gasteiger partial charge in [0.05, 0.1) is 45.2 Å². The van der Waals surface area contributed by atoms with Crippen molar-refractivity contribution in [1.82, 2.24) is 24.9 Å². The second-order valence-electron chi connectivity index (χ2n) is 10.0. The molecule has 1 N–H and O–H groups in total. The lowest BCUT2D eigenvalue weighted by Gasteiger charge is -2.35. The molecule has 1 amide bonds. The van der Waals surface area contributed by atoms with Gasteiger partial charge in [-0.15, -0.1) is 0 Å². The topological polar surface area (TPSA) is 121 Å². The fourth-order valence-electron chi connectivity index (χ4n) is 4.47. The minimum atomic E-state index is -2.83. The summed E-state index contributed by atoms with van der Waals surface area (Å²) in [5.41, 5.74) is 0. The highest BCUT2D eigenvalue weighted by molar-refractivity contribution is 7.58. The van der Waals surface area contributed by atoms with Gasteiger partial charge in [0.2, 0.25) is 28.0 Å². The zero-order valence-corrected chi connectivity index (χ0v) is 27.3. The van der Waals surface area contributed by atoms with Gasteiger partial charge in [-0.2, -0.15) is 0 Å². The van der Waals surface area contributed by atoms with Crippen LogP contribution in [-0.2, 0) is 32.1 Å². The van der Waals surface area contributed by atoms with Crippen LogP contribution in [0.5, 0.6) is 0 Å². The Morgan fingerprint density at radius 3 is 1.11 bits per heavy atom. The quantitative estimate of drug-likeness (QED) is 0.295. The molecule has 0 aliphatic carbocycles. The highest BCUT2D eigenvalue weighted by atomic mass is 31.2. The molecule has 15 heteroatoms. The molecule has 1 saturated heterocycles. The normalized spacial score (nSPS) is 22.9. The number of carbonyl (C=O) groups excluding carboxylic acids is 1. The van der Waals surface area contributed by atoms with Crippen molar-refractivity contribution in [2.45, 2.75) is 20.8 Å². The van der Waals surface area contributed by atoms with Gasteiger partial charge in [-0.3, -0.25) is 38.1 Å². The maximum absolute atomic E-state index is 13.1. The van der Waals surface area contributed by atoms with Crippen LogP contribution in [0.3, 0.4) is 0 Å². The van der Waals surface area contributed by atoms with Crippen molar-refractivity contribution in [2.75, 3.05) is 125 Å². The fraction of sp³-hybridized carbons (Fsp3) is 0.957. The van der Waals surface area contributed by atoms with Crippen LogP contribution in [0.1, 0.15) is 20.8 Å². The first-order valence-corrected chi connectivity index (χ1v) is 20.2. The van der Waals surface area contributed by atoms with Gasteiger partial charge in [0.1, 0.15) is 0 Å². The largest absolute Gasteiger partial charge is 0.358 e. The highest BCUT2D eigenvalue weighted by Gasteiger charge is 2.27. The van der Waals surface area contributed by atoms with E-state index in [0.29, 0.717) is 91.0 Å². The molecular weight excluding hydrogens is 551 g/mol. The molecule has 12 nitrogen and oxygen atoms in total. The molecule has 0 aromatic heterocycles. The minimum Gasteiger partial charge on any atom is -0.358 e. The SMILES string of the molecule is CCOP(C)(=O)CN1CCN(CC(=O)NC)CCN(CP(C)(=O)OCC)CCN(CP(C)(=O)OCC)CC1. The van der Waals surface area contributed by atoms with E-state index in [1.54, 1.807) is 27.0 Å². The van der Waals surface area contributed by atoms with Gasteiger partial charge in [0.15, 0.2) is 0 Å². The van der Waals surface area contributed by atoms with E-state index >= 15 is 0 Å². The van der Waals surface area contributed by atoms with Crippen molar-refractivity contribution >= 4 is 28.0 Å². The van der Waals surface area contributed by atoms with Crippen molar-refractivity contribution in [3.8, 4) is 0 Å². The molecule has 0 bridgehead atoms. The average molecular weight is 604 g/mol. The molecule has 1 fully saturated rings. The van der Waals surface area contributed by atoms with Crippen LogP contribution in [0.15, 0.2) is 0 Å². The lowest BCUT2D eigenvalue weighted by atomic mass is 10.3. The maximum Gasteiger partial charge on any atom is 0.233 e. The summed E-state index contributed by atoms with van der Waals surface area (Å²) in [6.07, 6.45) is 0.907. The molecule has 0 saturated carbocycles. The van der Waals surface area contributed by atoms with Crippen LogP contribution in [-0.4, -0.2) is 150 Å². The molecule has 38 heavy (non-hydrogen) atoms. The van der Waals surface area contributed by atoms with Crippen molar-refractivity contribution in [2.24, 2.45) is 0 Å². The van der Waals surface area contributed by atoms with E-state index in [1.165, 1.54) is 0 Å². The van der Waals surface area contributed by atoms with E-state index in [-0.39, 0.29) is 12.5 Å². The summed E-state index contributed by atoms with van der Waals surface area (Å²) in [6, 6.07) is 0. The lowest BCUT2D eigenvalue weighted by molar-refractivity contribution is -0.121. The standard InChI is InChI=1S/C23H52N5O7P3/c1-8-33-36(5,30)20-26-13-11-25(19-23(29)24-4)12-14-27(21-37(6,31)34-9-2)16-18-28(17-15-26)22-38(7,32)35-10-3/h8-22H2,1-7H3,(H,24,29). The third-order valence-corrected chi connectivity index (χ3v) is 11.3. The molecule has 0 radical (unpaired) electrons. The number of nitrogens with zero attached hydrogens (tertiary/aromatic N) is 4. The van der Waals surface area contributed by atoms with E-state index < -0.39 is 22.1 Å². The minimum absolute atomic E-state index is 0.0815. The van der Waals surface area contributed by atoms with Gasteiger partial charge >= 0.3 is 0 Å². The van der Waals surface area contributed by atoms with E-state index in [2.05, 4.69) is 24.9 Å². The number of amides is 1. The van der Waals surface area contributed by atoms with E-state index in [9.17, 15) is 18.5 Å². The summed E-state index contributed by atoms with van der Waals surface area (Å²) in [6.45, 7) is 16.6. The van der Waals surface area contributed by atoms with Crippen LogP contribution in [0.4, 0.5) is 0 Å². The predicted molar refractivity (Wildman–Crippen MR) is 155 cm³/mol. The van der Waals surface area contributed by atoms with Crippen LogP contribution in [0.25, 0.3) is 0 Å². The number of rotatable bonds is 14. The van der Waals surface area contributed by atoms with E-state index in [1.807, 2.05) is 20.8 Å². The van der Waals surface area contributed by atoms with Crippen molar-refractivity contribution in [1.29, 1.82) is 0 Å². The fourth-order valence-corrected chi connectivity index (χ4v) is 9.39. The predicted octanol–water partition coefficient (Wildman–Crippen LogP) is 2.66. The molecule has 3 atom stereocenters. The second kappa shape index (κ2) is 17.6. The van der Waals surface area contributed by atoms with E-state index in [4.69, 9.17) is 13.6 Å². The Hall–Kier alpha value is -0.120. The van der Waals surface area contributed by atoms with Gasteiger partial charge in [0.25, 0.3) is 0 Å². The van der Waals surface area contributed by atoms with Gasteiger partial charge < -0.3 is 18.9 Å². The average Bonchev–Trinajstić information content (AvgIpc) is 2.79. The highest BCUT2D eigenvalue weighted by Crippen LogP contribution is 2.45. The van der Waals surface area contributed by atoms with Crippen molar-refractivity contribution in [3.05, 3.63) is 0 Å². The Morgan fingerprint density at radius 2 is 0.868 bits per heavy atom. The number of carbonyl (C=O) groups is 1. The molecule has 1 heterocycles. The van der Waals surface area contributed by atoms with E-state index in [0.717, 1.165) is 0 Å². The van der Waals surface area contributed by atoms with Gasteiger partial charge in [0, 0.05) is 79.4 Å². The summed E-state index contributed by atoms with van der Waals surface area (Å²) in [5.74, 6) is -0.0815. The van der Waals surface area contributed by atoms with Gasteiger partial charge in [-0.1, -0.05) is 0 Å². The van der Waals surface area contributed by atoms with Crippen LogP contribution >= 0.6 is 22.1 Å². The van der Waals surface area contributed by atoms with Crippen molar-refractivity contribution < 1.29 is 32.1 Å². The van der Waals surface area contributed by atoms with Crippen molar-refractivity contribution in [3.63, 3.8) is 0 Å². The Balaban J connectivity index is 3.20. The molecule has 0 aromatic rings. The molecular formula is C23H52N5O7P3. The molecule has 1 aliphatic rings.